The van der Waals surface area contributed by atoms with Gasteiger partial charge in [-0.2, -0.15) is 0 Å². The summed E-state index contributed by atoms with van der Waals surface area (Å²) in [6, 6.07) is 0. The van der Waals surface area contributed by atoms with E-state index in [2.05, 4.69) is 0 Å². The Morgan fingerprint density at radius 3 is 0.346 bits per heavy atom. The standard InChI is InChI=1S/Mo.4H2O4S2.W/c;4*1-5(2)6(3)4;/h;4*(H,1,2)(H,3,4);/q+4;;;;;+4/p-8. The van der Waals surface area contributed by atoms with Crippen molar-refractivity contribution in [3.63, 3.8) is 0 Å². The van der Waals surface area contributed by atoms with E-state index < -0.39 is 80.9 Å². The SMILES string of the molecule is O=S([O-])S(=O)[O-].O=S([O-])S(=O)[O-].O=S([O-])S(=O)[O-].O=S([O-])S(=O)[O-].[Mo+4].[W+4]. The minimum absolute atomic E-state index is 0. The number of hydrogen-bond acceptors (Lipinski definition) is 16. The largest absolute Gasteiger partial charge is 4.00 e. The molecule has 8 atom stereocenters. The number of rotatable bonds is 4. The molecule has 0 heterocycles. The Bertz CT molecular complexity index is 394. The van der Waals surface area contributed by atoms with Gasteiger partial charge in [-0.05, 0) is 0 Å². The van der Waals surface area contributed by atoms with Crippen LogP contribution in [0.5, 0.6) is 0 Å². The predicted octanol–water partition coefficient (Wildman–Crippen LogP) is -5.37. The van der Waals surface area contributed by atoms with Gasteiger partial charge < -0.3 is 36.4 Å². The van der Waals surface area contributed by atoms with Crippen LogP contribution >= 0.6 is 0 Å². The molecular weight excluding hydrogens is 792 g/mol. The average molecular weight is 792 g/mol. The van der Waals surface area contributed by atoms with Crippen molar-refractivity contribution in [1.82, 2.24) is 0 Å². The van der Waals surface area contributed by atoms with E-state index in [0.29, 0.717) is 0 Å². The molecule has 0 spiro atoms. The molecule has 26 heteroatoms. The molecular formula is MoO16S8W. The molecule has 0 aliphatic heterocycles. The predicted molar refractivity (Wildman–Crippen MR) is 71.4 cm³/mol. The van der Waals surface area contributed by atoms with Gasteiger partial charge in [0.15, 0.2) is 0 Å². The summed E-state index contributed by atoms with van der Waals surface area (Å²) < 4.78 is 145. The topological polar surface area (TPSA) is 321 Å². The van der Waals surface area contributed by atoms with E-state index >= 15 is 0 Å². The third kappa shape index (κ3) is 50.3. The fourth-order valence-corrected chi connectivity index (χ4v) is 0. The Hall–Kier alpha value is 2.26. The van der Waals surface area contributed by atoms with Crippen LogP contribution < -0.4 is 0 Å². The molecule has 0 saturated carbocycles. The summed E-state index contributed by atoms with van der Waals surface area (Å²) in [5, 5.41) is 0. The fourth-order valence-electron chi connectivity index (χ4n) is 0. The Balaban J connectivity index is -0.0000000500. The van der Waals surface area contributed by atoms with Crippen LogP contribution in [0.1, 0.15) is 0 Å². The molecule has 0 N–H and O–H groups in total. The van der Waals surface area contributed by atoms with E-state index in [1.54, 1.807) is 0 Å². The van der Waals surface area contributed by atoms with Gasteiger partial charge in [-0.15, -0.1) is 0 Å². The summed E-state index contributed by atoms with van der Waals surface area (Å²) in [5.41, 5.74) is 0. The van der Waals surface area contributed by atoms with E-state index in [4.69, 9.17) is 70.1 Å². The number of hydrogen-bond donors (Lipinski definition) is 0. The molecule has 0 rings (SSSR count). The molecule has 0 aromatic heterocycles. The molecule has 26 heavy (non-hydrogen) atoms. The summed E-state index contributed by atoms with van der Waals surface area (Å²) in [4.78, 5) is 0. The maximum absolute atomic E-state index is 9.09. The molecule has 0 bridgehead atoms. The quantitative estimate of drug-likeness (QED) is 0.146. The average Bonchev–Trinajstić information content (AvgIpc) is 2.40. The molecule has 0 aromatic carbocycles. The second-order valence-electron chi connectivity index (χ2n) is 1.63. The van der Waals surface area contributed by atoms with Gasteiger partial charge in [0, 0.05) is 80.9 Å². The Morgan fingerprint density at radius 1 is 0.308 bits per heavy atom. The first-order chi connectivity index (χ1) is 10.6. The summed E-state index contributed by atoms with van der Waals surface area (Å²) in [7, 11) is -23.6. The van der Waals surface area contributed by atoms with Crippen LogP contribution in [0, 0.1) is 0 Å². The molecule has 0 aromatic rings. The smallest absolute Gasteiger partial charge is 0.763 e. The Labute approximate surface area is 191 Å². The minimum Gasteiger partial charge on any atom is -0.763 e. The molecule has 156 valence electrons. The van der Waals surface area contributed by atoms with Crippen molar-refractivity contribution in [2.45, 2.75) is 0 Å². The first-order valence-corrected chi connectivity index (χ1v) is 14.0. The first kappa shape index (κ1) is 42.4. The van der Waals surface area contributed by atoms with Crippen molar-refractivity contribution in [2.24, 2.45) is 0 Å². The molecule has 16 nitrogen and oxygen atoms in total. The van der Waals surface area contributed by atoms with E-state index in [-0.39, 0.29) is 42.1 Å². The second-order valence-corrected chi connectivity index (χ2v) is 11.4. The molecule has 0 radical (unpaired) electrons. The molecule has 0 saturated heterocycles. The van der Waals surface area contributed by atoms with Crippen molar-refractivity contribution >= 4 is 80.9 Å². The maximum Gasteiger partial charge on any atom is 4.00 e. The molecule has 0 aliphatic rings. The summed E-state index contributed by atoms with van der Waals surface area (Å²) in [5.74, 6) is 0. The third-order valence-electron chi connectivity index (χ3n) is 0.444. The van der Waals surface area contributed by atoms with E-state index in [9.17, 15) is 0 Å². The van der Waals surface area contributed by atoms with Crippen molar-refractivity contribution in [3.05, 3.63) is 0 Å². The van der Waals surface area contributed by atoms with Gasteiger partial charge in [-0.1, -0.05) is 0 Å². The van der Waals surface area contributed by atoms with Crippen LogP contribution in [0.3, 0.4) is 0 Å². The van der Waals surface area contributed by atoms with Crippen LogP contribution in [0.2, 0.25) is 0 Å². The van der Waals surface area contributed by atoms with Crippen LogP contribution in [0.15, 0.2) is 0 Å². The first-order valence-electron chi connectivity index (χ1n) is 3.33. The van der Waals surface area contributed by atoms with E-state index in [1.165, 1.54) is 0 Å². The van der Waals surface area contributed by atoms with Crippen molar-refractivity contribution in [3.8, 4) is 0 Å². The van der Waals surface area contributed by atoms with Gasteiger partial charge in [-0.3, -0.25) is 33.7 Å². The van der Waals surface area contributed by atoms with Crippen LogP contribution in [-0.4, -0.2) is 70.1 Å². The Morgan fingerprint density at radius 2 is 0.346 bits per heavy atom. The zero-order valence-electron chi connectivity index (χ0n) is 10.6. The van der Waals surface area contributed by atoms with Gasteiger partial charge in [0.1, 0.15) is 0 Å². The fraction of sp³-hybridized carbons (Fsp3) is 0. The molecule has 0 fully saturated rings. The molecule has 0 aliphatic carbocycles. The monoisotopic (exact) mass is 794 g/mol. The van der Waals surface area contributed by atoms with Crippen molar-refractivity contribution in [1.29, 1.82) is 0 Å². The van der Waals surface area contributed by atoms with Gasteiger partial charge in [-0.25, -0.2) is 0 Å². The zero-order chi connectivity index (χ0) is 20.6. The summed E-state index contributed by atoms with van der Waals surface area (Å²) in [6.45, 7) is 0. The minimum atomic E-state index is -2.95. The van der Waals surface area contributed by atoms with E-state index in [1.807, 2.05) is 0 Å². The van der Waals surface area contributed by atoms with Gasteiger partial charge in [0.25, 0.3) is 0 Å². The van der Waals surface area contributed by atoms with Gasteiger partial charge in [0.05, 0.1) is 0 Å². The molecule has 0 amide bonds. The van der Waals surface area contributed by atoms with Gasteiger partial charge in [0.2, 0.25) is 0 Å². The van der Waals surface area contributed by atoms with Gasteiger partial charge >= 0.3 is 42.1 Å². The molecule has 8 unspecified atom stereocenters. The third-order valence-corrected chi connectivity index (χ3v) is 4.00. The Kier molecular flexibility index (Phi) is 44.4. The van der Waals surface area contributed by atoms with Crippen LogP contribution in [0.25, 0.3) is 0 Å². The van der Waals surface area contributed by atoms with Crippen molar-refractivity contribution < 1.29 is 112 Å². The second kappa shape index (κ2) is 27.3. The summed E-state index contributed by atoms with van der Waals surface area (Å²) >= 11 is 0. The van der Waals surface area contributed by atoms with E-state index in [0.717, 1.165) is 0 Å². The zero-order valence-corrected chi connectivity index (χ0v) is 22.1. The summed E-state index contributed by atoms with van der Waals surface area (Å²) in [6.07, 6.45) is 0. The van der Waals surface area contributed by atoms with Crippen LogP contribution in [0.4, 0.5) is 0 Å². The van der Waals surface area contributed by atoms with Crippen LogP contribution in [-0.2, 0) is 123 Å². The normalized spacial score (nSPS) is 18.2. The van der Waals surface area contributed by atoms with Crippen molar-refractivity contribution in [2.75, 3.05) is 0 Å². The maximum atomic E-state index is 9.09.